The summed E-state index contributed by atoms with van der Waals surface area (Å²) in [4.78, 5) is 1.03. The van der Waals surface area contributed by atoms with Gasteiger partial charge in [0.15, 0.2) is 5.75 Å². The lowest BCUT2D eigenvalue weighted by atomic mass is 10.0. The Morgan fingerprint density at radius 2 is 1.88 bits per heavy atom. The van der Waals surface area contributed by atoms with E-state index in [0.29, 0.717) is 0 Å². The lowest BCUT2D eigenvalue weighted by Gasteiger charge is -2.29. The van der Waals surface area contributed by atoms with Gasteiger partial charge in [-0.2, -0.15) is 0 Å². The summed E-state index contributed by atoms with van der Waals surface area (Å²) >= 11 is 1.77. The van der Waals surface area contributed by atoms with Crippen LogP contribution in [0.15, 0.2) is 4.90 Å². The summed E-state index contributed by atoms with van der Waals surface area (Å²) in [5.41, 5.74) is 16.0. The molecule has 0 aromatic heterocycles. The lowest BCUT2D eigenvalue weighted by Crippen LogP contribution is -2.24. The van der Waals surface area contributed by atoms with Gasteiger partial charge >= 0.3 is 0 Å². The summed E-state index contributed by atoms with van der Waals surface area (Å²) in [6.45, 7) is 6.18. The van der Waals surface area contributed by atoms with E-state index in [1.165, 1.54) is 0 Å². The van der Waals surface area contributed by atoms with Gasteiger partial charge in [-0.3, -0.25) is 0 Å². The van der Waals surface area contributed by atoms with Crippen LogP contribution in [0.1, 0.15) is 30.9 Å². The molecule has 1 aliphatic rings. The van der Waals surface area contributed by atoms with Crippen molar-refractivity contribution in [2.45, 2.75) is 44.6 Å². The molecular weight excluding hydrogens is 232 g/mol. The Balaban J connectivity index is 2.44. The fourth-order valence-electron chi connectivity index (χ4n) is 2.09. The van der Waals surface area contributed by atoms with Gasteiger partial charge in [-0.05, 0) is 31.4 Å². The van der Waals surface area contributed by atoms with Crippen LogP contribution >= 0.6 is 11.8 Å². The molecule has 4 N–H and O–H groups in total. The number of hydrogen-bond donors (Lipinski definition) is 2. The minimum absolute atomic E-state index is 0.265. The molecule has 0 aliphatic carbocycles. The van der Waals surface area contributed by atoms with Crippen molar-refractivity contribution in [2.24, 2.45) is 0 Å². The van der Waals surface area contributed by atoms with Crippen LogP contribution in [0.2, 0.25) is 0 Å². The van der Waals surface area contributed by atoms with Crippen LogP contribution in [0.3, 0.4) is 0 Å². The highest BCUT2D eigenvalue weighted by Gasteiger charge is 2.26. The van der Waals surface area contributed by atoms with Gasteiger partial charge in [0, 0.05) is 5.75 Å². The molecule has 4 heteroatoms. The van der Waals surface area contributed by atoms with Gasteiger partial charge in [-0.1, -0.05) is 13.3 Å². The summed E-state index contributed by atoms with van der Waals surface area (Å²) in [7, 11) is 0. The third-order valence-electron chi connectivity index (χ3n) is 3.37. The molecule has 0 saturated carbocycles. The second-order valence-corrected chi connectivity index (χ2v) is 5.61. The molecule has 1 unspecified atom stereocenters. The zero-order chi connectivity index (χ0) is 12.6. The number of thioether (sulfide) groups is 1. The summed E-state index contributed by atoms with van der Waals surface area (Å²) < 4.78 is 5.99. The van der Waals surface area contributed by atoms with Crippen LogP contribution in [0.5, 0.6) is 5.75 Å². The predicted octanol–water partition coefficient (Wildman–Crippen LogP) is 3.12. The molecule has 1 aromatic carbocycles. The van der Waals surface area contributed by atoms with E-state index >= 15 is 0 Å². The van der Waals surface area contributed by atoms with E-state index in [-0.39, 0.29) is 6.10 Å². The second-order valence-electron chi connectivity index (χ2n) is 4.58. The Labute approximate surface area is 107 Å². The Morgan fingerprint density at radius 1 is 1.24 bits per heavy atom. The van der Waals surface area contributed by atoms with Gasteiger partial charge in [0.1, 0.15) is 6.10 Å². The van der Waals surface area contributed by atoms with Gasteiger partial charge in [-0.15, -0.1) is 11.8 Å². The number of hydrogen-bond acceptors (Lipinski definition) is 4. The van der Waals surface area contributed by atoms with Crippen molar-refractivity contribution < 1.29 is 4.74 Å². The topological polar surface area (TPSA) is 61.3 Å². The summed E-state index contributed by atoms with van der Waals surface area (Å²) in [6.07, 6.45) is 2.46. The molecule has 2 rings (SSSR count). The van der Waals surface area contributed by atoms with Gasteiger partial charge in [-0.25, -0.2) is 0 Å². The zero-order valence-corrected chi connectivity index (χ0v) is 11.5. The second kappa shape index (κ2) is 4.69. The van der Waals surface area contributed by atoms with Gasteiger partial charge < -0.3 is 16.2 Å². The summed E-state index contributed by atoms with van der Waals surface area (Å²) in [5.74, 6) is 1.77. The Hall–Kier alpha value is -1.03. The first-order chi connectivity index (χ1) is 8.06. The van der Waals surface area contributed by atoms with E-state index in [9.17, 15) is 0 Å². The minimum Gasteiger partial charge on any atom is -0.486 e. The van der Waals surface area contributed by atoms with Crippen molar-refractivity contribution in [3.8, 4) is 5.75 Å². The van der Waals surface area contributed by atoms with Crippen LogP contribution in [0, 0.1) is 13.8 Å². The number of benzene rings is 1. The number of anilines is 2. The molecule has 0 bridgehead atoms. The highest BCUT2D eigenvalue weighted by molar-refractivity contribution is 7.99. The van der Waals surface area contributed by atoms with E-state index in [1.807, 2.05) is 13.8 Å². The number of fused-ring (bicyclic) bond motifs is 1. The fraction of sp³-hybridized carbons (Fsp3) is 0.538. The van der Waals surface area contributed by atoms with Gasteiger partial charge in [0.05, 0.1) is 16.3 Å². The maximum atomic E-state index is 6.14. The van der Waals surface area contributed by atoms with Crippen LogP contribution in [-0.4, -0.2) is 11.9 Å². The first-order valence-corrected chi connectivity index (χ1v) is 7.02. The third kappa shape index (κ3) is 2.06. The maximum Gasteiger partial charge on any atom is 0.158 e. The zero-order valence-electron chi connectivity index (χ0n) is 10.7. The van der Waals surface area contributed by atoms with Gasteiger partial charge in [0.2, 0.25) is 0 Å². The van der Waals surface area contributed by atoms with Crippen LogP contribution in [-0.2, 0) is 0 Å². The molecule has 94 valence electrons. The number of nitrogens with two attached hydrogens (primary N) is 2. The SMILES string of the molecule is CCCC1CSc2c(N)c(C)c(C)c(N)c2O1. The average Bonchev–Trinajstić information content (AvgIpc) is 2.34. The first kappa shape index (κ1) is 12.4. The smallest absolute Gasteiger partial charge is 0.158 e. The summed E-state index contributed by atoms with van der Waals surface area (Å²) in [5, 5.41) is 0. The molecule has 1 heterocycles. The Bertz CT molecular complexity index is 446. The third-order valence-corrected chi connectivity index (χ3v) is 4.61. The monoisotopic (exact) mass is 252 g/mol. The maximum absolute atomic E-state index is 6.14. The Morgan fingerprint density at radius 3 is 2.53 bits per heavy atom. The lowest BCUT2D eigenvalue weighted by molar-refractivity contribution is 0.206. The molecule has 0 radical (unpaired) electrons. The van der Waals surface area contributed by atoms with Crippen molar-refractivity contribution in [1.29, 1.82) is 0 Å². The average molecular weight is 252 g/mol. The van der Waals surface area contributed by atoms with E-state index in [4.69, 9.17) is 16.2 Å². The minimum atomic E-state index is 0.265. The van der Waals surface area contributed by atoms with Gasteiger partial charge in [0.25, 0.3) is 0 Å². The molecule has 0 spiro atoms. The number of nitrogen functional groups attached to an aromatic ring is 2. The predicted molar refractivity (Wildman–Crippen MR) is 74.8 cm³/mol. The quantitative estimate of drug-likeness (QED) is 0.794. The molecule has 1 aliphatic heterocycles. The van der Waals surface area contributed by atoms with E-state index in [0.717, 1.165) is 51.7 Å². The molecule has 0 amide bonds. The molecular formula is C13H20N2OS. The number of ether oxygens (including phenoxy) is 1. The highest BCUT2D eigenvalue weighted by atomic mass is 32.2. The first-order valence-electron chi connectivity index (χ1n) is 6.03. The molecule has 17 heavy (non-hydrogen) atoms. The standard InChI is InChI=1S/C13H20N2OS/c1-4-5-9-6-17-13-11(15)8(3)7(2)10(14)12(13)16-9/h9H,4-6,14-15H2,1-3H3. The van der Waals surface area contributed by atoms with Crippen molar-refractivity contribution in [1.82, 2.24) is 0 Å². The summed E-state index contributed by atoms with van der Waals surface area (Å²) in [6, 6.07) is 0. The highest BCUT2D eigenvalue weighted by Crippen LogP contribution is 2.47. The van der Waals surface area contributed by atoms with Crippen LogP contribution < -0.4 is 16.2 Å². The normalized spacial score (nSPS) is 18.6. The molecule has 0 saturated heterocycles. The van der Waals surface area contributed by atoms with Crippen molar-refractivity contribution >= 4 is 23.1 Å². The fourth-order valence-corrected chi connectivity index (χ4v) is 3.28. The number of rotatable bonds is 2. The van der Waals surface area contributed by atoms with E-state index in [2.05, 4.69) is 6.92 Å². The van der Waals surface area contributed by atoms with Crippen LogP contribution in [0.25, 0.3) is 0 Å². The molecule has 1 aromatic rings. The molecule has 3 nitrogen and oxygen atoms in total. The van der Waals surface area contributed by atoms with Crippen molar-refractivity contribution in [2.75, 3.05) is 17.2 Å². The molecule has 0 fully saturated rings. The van der Waals surface area contributed by atoms with E-state index in [1.54, 1.807) is 11.8 Å². The van der Waals surface area contributed by atoms with Crippen LogP contribution in [0.4, 0.5) is 11.4 Å². The van der Waals surface area contributed by atoms with Crippen molar-refractivity contribution in [3.63, 3.8) is 0 Å². The molecule has 1 atom stereocenters. The van der Waals surface area contributed by atoms with Crippen molar-refractivity contribution in [3.05, 3.63) is 11.1 Å². The van der Waals surface area contributed by atoms with E-state index < -0.39 is 0 Å². The Kier molecular flexibility index (Phi) is 3.43. The largest absolute Gasteiger partial charge is 0.486 e.